The molecule has 0 aliphatic carbocycles. The van der Waals surface area contributed by atoms with E-state index in [1.54, 1.807) is 30.3 Å². The summed E-state index contributed by atoms with van der Waals surface area (Å²) in [5.41, 5.74) is 2.13. The summed E-state index contributed by atoms with van der Waals surface area (Å²) in [5.74, 6) is -2.85. The summed E-state index contributed by atoms with van der Waals surface area (Å²) in [4.78, 5) is 30.4. The first-order valence-corrected chi connectivity index (χ1v) is 12.7. The number of aliphatic hydroxyl groups is 1. The fourth-order valence-electron chi connectivity index (χ4n) is 4.36. The van der Waals surface area contributed by atoms with E-state index in [4.69, 9.17) is 9.47 Å². The van der Waals surface area contributed by atoms with E-state index in [2.05, 4.69) is 37.6 Å². The summed E-state index contributed by atoms with van der Waals surface area (Å²) in [7, 11) is 1.46. The van der Waals surface area contributed by atoms with Crippen LogP contribution in [-0.2, 0) is 11.3 Å². The van der Waals surface area contributed by atoms with Crippen molar-refractivity contribution in [2.24, 2.45) is 5.92 Å². The zero-order valence-corrected chi connectivity index (χ0v) is 23.0. The normalized spacial score (nSPS) is 13.0. The first-order chi connectivity index (χ1) is 18.4. The van der Waals surface area contributed by atoms with Gasteiger partial charge in [0.05, 0.1) is 30.9 Å². The zero-order chi connectivity index (χ0) is 28.9. The number of carboxylic acid groups (broad SMARTS) is 1. The third-order valence-corrected chi connectivity index (χ3v) is 6.62. The molecule has 0 aliphatic rings. The first kappa shape index (κ1) is 29.7. The summed E-state index contributed by atoms with van der Waals surface area (Å²) >= 11 is 0. The molecule has 2 aromatic carbocycles. The molecule has 0 aliphatic heterocycles. The molecule has 0 saturated heterocycles. The zero-order valence-electron chi connectivity index (χ0n) is 23.0. The van der Waals surface area contributed by atoms with Gasteiger partial charge in [-0.2, -0.15) is 0 Å². The summed E-state index contributed by atoms with van der Waals surface area (Å²) < 4.78 is 25.8. The van der Waals surface area contributed by atoms with E-state index in [0.29, 0.717) is 23.2 Å². The molecule has 0 amide bonds. The van der Waals surface area contributed by atoms with Gasteiger partial charge in [0.2, 0.25) is 5.88 Å². The molecule has 8 nitrogen and oxygen atoms in total. The Morgan fingerprint density at radius 2 is 1.69 bits per heavy atom. The minimum absolute atomic E-state index is 0.158. The van der Waals surface area contributed by atoms with Gasteiger partial charge in [-0.15, -0.1) is 0 Å². The number of pyridine rings is 1. The summed E-state index contributed by atoms with van der Waals surface area (Å²) in [6.45, 7) is 10.2. The number of rotatable bonds is 11. The van der Waals surface area contributed by atoms with Crippen molar-refractivity contribution in [3.05, 3.63) is 77.2 Å². The van der Waals surface area contributed by atoms with E-state index in [9.17, 15) is 24.2 Å². The maximum Gasteiger partial charge on any atom is 0.343 e. The van der Waals surface area contributed by atoms with Gasteiger partial charge in [0, 0.05) is 30.3 Å². The van der Waals surface area contributed by atoms with E-state index in [1.807, 2.05) is 0 Å². The lowest BCUT2D eigenvalue weighted by Crippen LogP contribution is -2.36. The molecule has 9 heteroatoms. The van der Waals surface area contributed by atoms with Crippen LogP contribution in [0.25, 0.3) is 11.1 Å². The fraction of sp³-hybridized carbons (Fsp3) is 0.367. The van der Waals surface area contributed by atoms with Crippen LogP contribution in [0.4, 0.5) is 4.39 Å². The number of benzene rings is 2. The molecule has 0 bridgehead atoms. The molecular formula is C30H35FN2O6. The van der Waals surface area contributed by atoms with E-state index >= 15 is 0 Å². The van der Waals surface area contributed by atoms with Gasteiger partial charge in [0.1, 0.15) is 11.6 Å². The Kier molecular flexibility index (Phi) is 9.77. The van der Waals surface area contributed by atoms with Crippen LogP contribution < -0.4 is 9.47 Å². The third-order valence-electron chi connectivity index (χ3n) is 6.62. The summed E-state index contributed by atoms with van der Waals surface area (Å²) in [6.07, 6.45) is -0.173. The lowest BCUT2D eigenvalue weighted by molar-refractivity contribution is -0.145. The molecule has 0 saturated carbocycles. The molecule has 208 valence electrons. The lowest BCUT2D eigenvalue weighted by Gasteiger charge is -2.31. The highest BCUT2D eigenvalue weighted by Crippen LogP contribution is 2.33. The standard InChI is InChI=1S/C30H35FN2O6/c1-17(2)33(18(3)4)16-22-13-23(10-11-24(22)25-14-27(38-6)32-15-26(25)31)39-30(37)21-9-7-8-20(12-21)28(34)19(5)29(35)36/h7-15,17-19,28,34H,16H2,1-6H3,(H,35,36)/t19-,28+/m0/s1. The van der Waals surface area contributed by atoms with Crippen LogP contribution in [0.5, 0.6) is 11.6 Å². The molecule has 2 N–H and O–H groups in total. The van der Waals surface area contributed by atoms with Crippen molar-refractivity contribution in [2.75, 3.05) is 7.11 Å². The second-order valence-corrected chi connectivity index (χ2v) is 9.97. The van der Waals surface area contributed by atoms with E-state index in [-0.39, 0.29) is 29.3 Å². The van der Waals surface area contributed by atoms with Crippen molar-refractivity contribution in [2.45, 2.75) is 59.4 Å². The van der Waals surface area contributed by atoms with E-state index in [0.717, 1.165) is 11.8 Å². The highest BCUT2D eigenvalue weighted by molar-refractivity contribution is 5.91. The highest BCUT2D eigenvalue weighted by Gasteiger charge is 2.24. The van der Waals surface area contributed by atoms with Crippen molar-refractivity contribution in [1.29, 1.82) is 0 Å². The second-order valence-electron chi connectivity index (χ2n) is 9.97. The quantitative estimate of drug-likeness (QED) is 0.244. The molecule has 0 radical (unpaired) electrons. The third kappa shape index (κ3) is 7.19. The molecule has 1 aromatic heterocycles. The fourth-order valence-corrected chi connectivity index (χ4v) is 4.36. The SMILES string of the molecule is COc1cc(-c2ccc(OC(=O)c3cccc([C@H](O)[C@H](C)C(=O)O)c3)cc2CN(C(C)C)C(C)C)c(F)cn1. The van der Waals surface area contributed by atoms with Crippen molar-refractivity contribution < 1.29 is 33.7 Å². The number of carbonyl (C=O) groups excluding carboxylic acids is 1. The van der Waals surface area contributed by atoms with Gasteiger partial charge in [-0.05, 0) is 75.6 Å². The Morgan fingerprint density at radius 1 is 1.00 bits per heavy atom. The minimum atomic E-state index is -1.29. The molecule has 0 spiro atoms. The predicted molar refractivity (Wildman–Crippen MR) is 145 cm³/mol. The number of halogens is 1. The Labute approximate surface area is 228 Å². The maximum atomic E-state index is 14.9. The Morgan fingerprint density at radius 3 is 2.31 bits per heavy atom. The number of esters is 1. The van der Waals surface area contributed by atoms with Gasteiger partial charge in [-0.25, -0.2) is 14.2 Å². The van der Waals surface area contributed by atoms with Crippen LogP contribution in [0.2, 0.25) is 0 Å². The largest absolute Gasteiger partial charge is 0.481 e. The van der Waals surface area contributed by atoms with Crippen molar-refractivity contribution in [3.8, 4) is 22.8 Å². The maximum absolute atomic E-state index is 14.9. The van der Waals surface area contributed by atoms with E-state index < -0.39 is 29.8 Å². The average molecular weight is 539 g/mol. The number of aromatic nitrogens is 1. The van der Waals surface area contributed by atoms with Crippen LogP contribution in [-0.4, -0.2) is 51.2 Å². The topological polar surface area (TPSA) is 109 Å². The van der Waals surface area contributed by atoms with Gasteiger partial charge in [-0.1, -0.05) is 18.2 Å². The lowest BCUT2D eigenvalue weighted by atomic mass is 9.96. The summed E-state index contributed by atoms with van der Waals surface area (Å²) in [5, 5.41) is 19.6. The number of carbonyl (C=O) groups is 2. The van der Waals surface area contributed by atoms with Gasteiger partial charge in [0.15, 0.2) is 0 Å². The number of hydrogen-bond donors (Lipinski definition) is 2. The number of carboxylic acids is 1. The number of aliphatic hydroxyl groups excluding tert-OH is 1. The minimum Gasteiger partial charge on any atom is -0.481 e. The molecule has 39 heavy (non-hydrogen) atoms. The molecule has 2 atom stereocenters. The number of methoxy groups -OCH3 is 1. The molecule has 3 aromatic rings. The Bertz CT molecular complexity index is 1320. The van der Waals surface area contributed by atoms with Gasteiger partial charge < -0.3 is 19.7 Å². The van der Waals surface area contributed by atoms with Crippen molar-refractivity contribution in [1.82, 2.24) is 9.88 Å². The number of ether oxygens (including phenoxy) is 2. The van der Waals surface area contributed by atoms with Gasteiger partial charge in [-0.3, -0.25) is 9.69 Å². The number of hydrogen-bond acceptors (Lipinski definition) is 7. The molecular weight excluding hydrogens is 503 g/mol. The number of aliphatic carboxylic acids is 1. The van der Waals surface area contributed by atoms with Crippen LogP contribution in [0.3, 0.4) is 0 Å². The summed E-state index contributed by atoms with van der Waals surface area (Å²) in [6, 6.07) is 13.0. The average Bonchev–Trinajstić information content (AvgIpc) is 2.91. The molecule has 1 heterocycles. The monoisotopic (exact) mass is 538 g/mol. The van der Waals surface area contributed by atoms with Crippen LogP contribution >= 0.6 is 0 Å². The van der Waals surface area contributed by atoms with Gasteiger partial charge >= 0.3 is 11.9 Å². The predicted octanol–water partition coefficient (Wildman–Crippen LogP) is 5.49. The van der Waals surface area contributed by atoms with Crippen molar-refractivity contribution in [3.63, 3.8) is 0 Å². The molecule has 3 rings (SSSR count). The molecule has 0 fully saturated rings. The Hall–Kier alpha value is -3.82. The highest BCUT2D eigenvalue weighted by atomic mass is 19.1. The number of nitrogens with zero attached hydrogens (tertiary/aromatic N) is 2. The van der Waals surface area contributed by atoms with Crippen LogP contribution in [0.15, 0.2) is 54.7 Å². The van der Waals surface area contributed by atoms with Crippen molar-refractivity contribution >= 4 is 11.9 Å². The smallest absolute Gasteiger partial charge is 0.343 e. The van der Waals surface area contributed by atoms with Crippen LogP contribution in [0, 0.1) is 11.7 Å². The van der Waals surface area contributed by atoms with Gasteiger partial charge in [0.25, 0.3) is 0 Å². The van der Waals surface area contributed by atoms with E-state index in [1.165, 1.54) is 32.2 Å². The van der Waals surface area contributed by atoms with Crippen LogP contribution in [0.1, 0.15) is 62.2 Å². The first-order valence-electron chi connectivity index (χ1n) is 12.7. The molecule has 0 unspecified atom stereocenters. The second kappa shape index (κ2) is 12.8. The Balaban J connectivity index is 1.99.